The number of benzene rings is 3. The lowest BCUT2D eigenvalue weighted by Crippen LogP contribution is -2.05. The molecule has 1 aromatic heterocycles. The van der Waals surface area contributed by atoms with Gasteiger partial charge in [-0.2, -0.15) is 0 Å². The molecule has 1 heterocycles. The van der Waals surface area contributed by atoms with E-state index in [-0.39, 0.29) is 52.9 Å². The fourth-order valence-corrected chi connectivity index (χ4v) is 4.44. The molecule has 4 rings (SSSR count). The Bertz CT molecular complexity index is 1550. The number of nitrogens with one attached hydrogen (secondary N) is 1. The summed E-state index contributed by atoms with van der Waals surface area (Å²) in [5.74, 6) is -3.88. The third-order valence-corrected chi connectivity index (χ3v) is 6.52. The smallest absolute Gasteiger partial charge is 0.303 e. The average molecular weight is 573 g/mol. The summed E-state index contributed by atoms with van der Waals surface area (Å²) in [4.78, 5) is 27.0. The lowest BCUT2D eigenvalue weighted by molar-refractivity contribution is -0.137. The van der Waals surface area contributed by atoms with E-state index in [4.69, 9.17) is 28.3 Å². The van der Waals surface area contributed by atoms with Crippen LogP contribution in [0.2, 0.25) is 10.0 Å². The van der Waals surface area contributed by atoms with Crippen LogP contribution in [0.4, 0.5) is 18.9 Å². The molecule has 4 aromatic rings. The van der Waals surface area contributed by atoms with Crippen LogP contribution in [0, 0.1) is 17.5 Å². The van der Waals surface area contributed by atoms with Crippen molar-refractivity contribution >= 4 is 40.6 Å². The van der Waals surface area contributed by atoms with Gasteiger partial charge in [0.1, 0.15) is 11.5 Å². The summed E-state index contributed by atoms with van der Waals surface area (Å²) in [6.45, 7) is 0.0907. The van der Waals surface area contributed by atoms with E-state index in [1.807, 2.05) is 0 Å². The van der Waals surface area contributed by atoms with Crippen LogP contribution < -0.4 is 5.32 Å². The third-order valence-electron chi connectivity index (χ3n) is 5.97. The number of anilines is 1. The van der Waals surface area contributed by atoms with Gasteiger partial charge in [0.05, 0.1) is 5.02 Å². The van der Waals surface area contributed by atoms with Crippen molar-refractivity contribution in [2.24, 2.45) is 0 Å². The second-order valence-corrected chi connectivity index (χ2v) is 9.54. The molecular formula is C29H21Cl2F3N2O3. The number of hydrogen-bond acceptors (Lipinski definition) is 4. The van der Waals surface area contributed by atoms with Crippen molar-refractivity contribution in [2.45, 2.75) is 25.8 Å². The molecule has 39 heavy (non-hydrogen) atoms. The van der Waals surface area contributed by atoms with Gasteiger partial charge in [-0.1, -0.05) is 35.3 Å². The maximum atomic E-state index is 14.3. The van der Waals surface area contributed by atoms with Gasteiger partial charge in [0, 0.05) is 53.0 Å². The zero-order valence-electron chi connectivity index (χ0n) is 20.3. The summed E-state index contributed by atoms with van der Waals surface area (Å²) in [6, 6.07) is 14.4. The van der Waals surface area contributed by atoms with Crippen molar-refractivity contribution in [3.8, 4) is 22.3 Å². The number of rotatable bonds is 10. The van der Waals surface area contributed by atoms with Gasteiger partial charge in [-0.15, -0.1) is 0 Å². The number of ketones is 1. The van der Waals surface area contributed by atoms with Crippen LogP contribution in [0.5, 0.6) is 0 Å². The highest BCUT2D eigenvalue weighted by Gasteiger charge is 2.15. The first-order valence-electron chi connectivity index (χ1n) is 11.8. The summed E-state index contributed by atoms with van der Waals surface area (Å²) in [5.41, 5.74) is 2.71. The zero-order chi connectivity index (χ0) is 28.1. The summed E-state index contributed by atoms with van der Waals surface area (Å²) < 4.78 is 42.7. The minimum absolute atomic E-state index is 0.0327. The van der Waals surface area contributed by atoms with E-state index < -0.39 is 23.4 Å². The van der Waals surface area contributed by atoms with E-state index in [0.29, 0.717) is 27.9 Å². The van der Waals surface area contributed by atoms with Gasteiger partial charge in [0.2, 0.25) is 0 Å². The number of nitrogens with zero attached hydrogens (tertiary/aromatic N) is 1. The standard InChI is InChI=1S/C29H21Cl2F3N2O3/c30-18-5-7-21(24(32)11-18)20-8-6-19(12-23(20)31)35-15-17-10-25(33)26(34)13-22(17)16-4-9-27(36-14-16)28(37)2-1-3-29(38)39/h4-14,35H,1-3,15H2,(H,38,39). The highest BCUT2D eigenvalue weighted by Crippen LogP contribution is 2.34. The van der Waals surface area contributed by atoms with Crippen LogP contribution in [-0.4, -0.2) is 21.8 Å². The summed E-state index contributed by atoms with van der Waals surface area (Å²) in [5, 5.41) is 12.4. The van der Waals surface area contributed by atoms with Gasteiger partial charge in [-0.25, -0.2) is 13.2 Å². The number of Topliss-reactive ketones (excluding diaryl/α,β-unsaturated/α-hetero) is 1. The minimum Gasteiger partial charge on any atom is -0.481 e. The van der Waals surface area contributed by atoms with Crippen LogP contribution >= 0.6 is 23.2 Å². The van der Waals surface area contributed by atoms with Crippen molar-refractivity contribution < 1.29 is 27.9 Å². The van der Waals surface area contributed by atoms with Crippen LogP contribution in [0.15, 0.2) is 66.9 Å². The molecule has 0 fully saturated rings. The summed E-state index contributed by atoms with van der Waals surface area (Å²) in [7, 11) is 0. The highest BCUT2D eigenvalue weighted by atomic mass is 35.5. The molecule has 10 heteroatoms. The van der Waals surface area contributed by atoms with Gasteiger partial charge in [-0.3, -0.25) is 14.6 Å². The molecular weight excluding hydrogens is 552 g/mol. The van der Waals surface area contributed by atoms with Gasteiger partial charge < -0.3 is 10.4 Å². The van der Waals surface area contributed by atoms with Crippen molar-refractivity contribution in [3.63, 3.8) is 0 Å². The predicted octanol–water partition coefficient (Wildman–Crippen LogP) is 8.19. The lowest BCUT2D eigenvalue weighted by Gasteiger charge is -2.14. The largest absolute Gasteiger partial charge is 0.481 e. The second kappa shape index (κ2) is 12.3. The van der Waals surface area contributed by atoms with E-state index in [1.165, 1.54) is 24.4 Å². The Morgan fingerprint density at radius 1 is 0.821 bits per heavy atom. The molecule has 0 spiro atoms. The molecule has 0 saturated carbocycles. The number of hydrogen-bond donors (Lipinski definition) is 2. The van der Waals surface area contributed by atoms with Crippen LogP contribution in [0.1, 0.15) is 35.3 Å². The molecule has 0 amide bonds. The average Bonchev–Trinajstić information content (AvgIpc) is 2.89. The maximum absolute atomic E-state index is 14.3. The SMILES string of the molecule is O=C(O)CCCC(=O)c1ccc(-c2cc(F)c(F)cc2CNc2ccc(-c3ccc(Cl)cc3F)c(Cl)c2)cn1. The molecule has 0 aliphatic rings. The van der Waals surface area contributed by atoms with E-state index in [0.717, 1.165) is 12.1 Å². The Labute approximate surface area is 232 Å². The predicted molar refractivity (Wildman–Crippen MR) is 145 cm³/mol. The molecule has 2 N–H and O–H groups in total. The normalized spacial score (nSPS) is 10.9. The Morgan fingerprint density at radius 2 is 1.56 bits per heavy atom. The molecule has 0 radical (unpaired) electrons. The van der Waals surface area contributed by atoms with Gasteiger partial charge in [-0.05, 0) is 66.1 Å². The first-order chi connectivity index (χ1) is 18.6. The zero-order valence-corrected chi connectivity index (χ0v) is 21.8. The van der Waals surface area contributed by atoms with Gasteiger partial charge in [0.15, 0.2) is 17.4 Å². The molecule has 5 nitrogen and oxygen atoms in total. The summed E-state index contributed by atoms with van der Waals surface area (Å²) >= 11 is 12.2. The number of halogens is 5. The van der Waals surface area contributed by atoms with E-state index in [1.54, 1.807) is 30.3 Å². The highest BCUT2D eigenvalue weighted by molar-refractivity contribution is 6.33. The maximum Gasteiger partial charge on any atom is 0.303 e. The van der Waals surface area contributed by atoms with Gasteiger partial charge in [0.25, 0.3) is 0 Å². The van der Waals surface area contributed by atoms with Crippen molar-refractivity contribution in [3.05, 3.63) is 106 Å². The Balaban J connectivity index is 1.53. The Hall–Kier alpha value is -3.88. The third kappa shape index (κ3) is 6.96. The van der Waals surface area contributed by atoms with Crippen molar-refractivity contribution in [1.82, 2.24) is 4.98 Å². The lowest BCUT2D eigenvalue weighted by atomic mass is 9.99. The first-order valence-corrected chi connectivity index (χ1v) is 12.6. The van der Waals surface area contributed by atoms with Crippen LogP contribution in [-0.2, 0) is 11.3 Å². The molecule has 0 aliphatic heterocycles. The number of aliphatic carboxylic acids is 1. The molecule has 3 aromatic carbocycles. The van der Waals surface area contributed by atoms with Crippen LogP contribution in [0.3, 0.4) is 0 Å². The van der Waals surface area contributed by atoms with Gasteiger partial charge >= 0.3 is 5.97 Å². The number of aromatic nitrogens is 1. The van der Waals surface area contributed by atoms with E-state index in [2.05, 4.69) is 10.3 Å². The van der Waals surface area contributed by atoms with E-state index in [9.17, 15) is 22.8 Å². The molecule has 200 valence electrons. The van der Waals surface area contributed by atoms with Crippen LogP contribution in [0.25, 0.3) is 22.3 Å². The minimum atomic E-state index is -1.04. The fraction of sp³-hybridized carbons (Fsp3) is 0.138. The monoisotopic (exact) mass is 572 g/mol. The number of carbonyl (C=O) groups is 2. The number of carboxylic acids is 1. The molecule has 0 bridgehead atoms. The Morgan fingerprint density at radius 3 is 2.23 bits per heavy atom. The van der Waals surface area contributed by atoms with Crippen molar-refractivity contribution in [1.29, 1.82) is 0 Å². The first kappa shape index (κ1) is 28.1. The quantitative estimate of drug-likeness (QED) is 0.187. The molecule has 0 unspecified atom stereocenters. The second-order valence-electron chi connectivity index (χ2n) is 8.70. The molecule has 0 aliphatic carbocycles. The molecule has 0 atom stereocenters. The number of carbonyl (C=O) groups excluding carboxylic acids is 1. The molecule has 0 saturated heterocycles. The fourth-order valence-electron chi connectivity index (χ4n) is 4.00. The van der Waals surface area contributed by atoms with Crippen molar-refractivity contribution in [2.75, 3.05) is 5.32 Å². The van der Waals surface area contributed by atoms with E-state index >= 15 is 0 Å². The Kier molecular flexibility index (Phi) is 8.89. The topological polar surface area (TPSA) is 79.3 Å². The number of carboxylic acid groups (broad SMARTS) is 1. The summed E-state index contributed by atoms with van der Waals surface area (Å²) in [6.07, 6.45) is 1.48. The number of pyridine rings is 1.